The van der Waals surface area contributed by atoms with E-state index in [1.807, 2.05) is 0 Å². The van der Waals surface area contributed by atoms with Gasteiger partial charge >= 0.3 is 0 Å². The Kier molecular flexibility index (Phi) is 3.67. The summed E-state index contributed by atoms with van der Waals surface area (Å²) in [5, 5.41) is 16.4. The van der Waals surface area contributed by atoms with Gasteiger partial charge in [-0.25, -0.2) is 4.98 Å². The van der Waals surface area contributed by atoms with E-state index < -0.39 is 4.92 Å². The van der Waals surface area contributed by atoms with Crippen molar-refractivity contribution in [1.29, 1.82) is 0 Å². The van der Waals surface area contributed by atoms with E-state index in [1.54, 1.807) is 6.07 Å². The zero-order valence-electron chi connectivity index (χ0n) is 9.67. The summed E-state index contributed by atoms with van der Waals surface area (Å²) in [6.07, 6.45) is 0. The Hall–Kier alpha value is -2.13. The third-order valence-corrected chi connectivity index (χ3v) is 3.23. The average molecular weight is 296 g/mol. The minimum absolute atomic E-state index is 0.00661. The van der Waals surface area contributed by atoms with Gasteiger partial charge in [0.1, 0.15) is 0 Å². The van der Waals surface area contributed by atoms with E-state index in [9.17, 15) is 14.9 Å². The quantitative estimate of drug-likeness (QED) is 0.500. The molecule has 0 atom stereocenters. The summed E-state index contributed by atoms with van der Waals surface area (Å²) >= 11 is 6.12. The van der Waals surface area contributed by atoms with Crippen molar-refractivity contribution in [3.8, 4) is 0 Å². The summed E-state index contributed by atoms with van der Waals surface area (Å²) in [5.41, 5.74) is 0.635. The lowest BCUT2D eigenvalue weighted by Gasteiger charge is -2.03. The Morgan fingerprint density at radius 3 is 2.89 bits per heavy atom. The maximum Gasteiger partial charge on any atom is 0.270 e. The highest BCUT2D eigenvalue weighted by molar-refractivity contribution is 7.80. The van der Waals surface area contributed by atoms with E-state index in [0.717, 1.165) is 0 Å². The zero-order chi connectivity index (χ0) is 14.0. The number of amides is 1. The Morgan fingerprint density at radius 1 is 1.53 bits per heavy atom. The molecule has 7 nitrogen and oxygen atoms in total. The topological polar surface area (TPSA) is 97.2 Å². The van der Waals surface area contributed by atoms with Crippen LogP contribution in [0.1, 0.15) is 6.92 Å². The minimum atomic E-state index is -0.464. The molecular formula is C10H8N4O3S2. The first-order valence-electron chi connectivity index (χ1n) is 5.09. The SMILES string of the molecule is CC(=O)NC(=S)Nc1nc2ccc([N+](=O)[O-])cc2s1. The number of non-ortho nitro benzene ring substituents is 1. The number of anilines is 1. The number of rotatable bonds is 2. The molecule has 0 aliphatic heterocycles. The average Bonchev–Trinajstić information content (AvgIpc) is 2.68. The molecule has 9 heteroatoms. The molecule has 0 unspecified atom stereocenters. The number of hydrogen-bond donors (Lipinski definition) is 2. The lowest BCUT2D eigenvalue weighted by Crippen LogP contribution is -2.32. The van der Waals surface area contributed by atoms with E-state index >= 15 is 0 Å². The van der Waals surface area contributed by atoms with Gasteiger partial charge in [-0.05, 0) is 18.3 Å². The van der Waals surface area contributed by atoms with Crippen LogP contribution in [-0.2, 0) is 4.79 Å². The van der Waals surface area contributed by atoms with Crippen LogP contribution < -0.4 is 10.6 Å². The van der Waals surface area contributed by atoms with Crippen LogP contribution in [0.4, 0.5) is 10.8 Å². The van der Waals surface area contributed by atoms with Crippen LogP contribution in [0.5, 0.6) is 0 Å². The monoisotopic (exact) mass is 296 g/mol. The first-order chi connectivity index (χ1) is 8.95. The number of aromatic nitrogens is 1. The van der Waals surface area contributed by atoms with Crippen molar-refractivity contribution < 1.29 is 9.72 Å². The van der Waals surface area contributed by atoms with Crippen LogP contribution in [0.25, 0.3) is 10.2 Å². The van der Waals surface area contributed by atoms with Crippen LogP contribution >= 0.6 is 23.6 Å². The summed E-state index contributed by atoms with van der Waals surface area (Å²) in [7, 11) is 0. The van der Waals surface area contributed by atoms with Crippen molar-refractivity contribution >= 4 is 55.6 Å². The second-order valence-corrected chi connectivity index (χ2v) is 5.00. The molecule has 2 N–H and O–H groups in total. The molecule has 0 bridgehead atoms. The largest absolute Gasteiger partial charge is 0.308 e. The standard InChI is InChI=1S/C10H8N4O3S2/c1-5(15)11-9(18)13-10-12-7-3-2-6(14(16)17)4-8(7)19-10/h2-4H,1H3,(H2,11,12,13,15,18). The first-order valence-corrected chi connectivity index (χ1v) is 6.32. The second kappa shape index (κ2) is 5.24. The summed E-state index contributed by atoms with van der Waals surface area (Å²) in [6, 6.07) is 4.40. The molecule has 0 aliphatic carbocycles. The molecule has 98 valence electrons. The highest BCUT2D eigenvalue weighted by atomic mass is 32.1. The number of benzene rings is 1. The Balaban J connectivity index is 2.24. The second-order valence-electron chi connectivity index (χ2n) is 3.56. The fraction of sp³-hybridized carbons (Fsp3) is 0.100. The fourth-order valence-electron chi connectivity index (χ4n) is 1.37. The Morgan fingerprint density at radius 2 is 2.26 bits per heavy atom. The van der Waals surface area contributed by atoms with Crippen LogP contribution in [0.2, 0.25) is 0 Å². The molecule has 0 saturated carbocycles. The maximum atomic E-state index is 10.8. The fourth-order valence-corrected chi connectivity index (χ4v) is 2.58. The van der Waals surface area contributed by atoms with Crippen LogP contribution in [0, 0.1) is 10.1 Å². The van der Waals surface area contributed by atoms with Crippen LogP contribution in [0.3, 0.4) is 0 Å². The maximum absolute atomic E-state index is 10.8. The summed E-state index contributed by atoms with van der Waals surface area (Å²) in [4.78, 5) is 25.2. The first kappa shape index (κ1) is 13.3. The smallest absolute Gasteiger partial charge is 0.270 e. The molecular weight excluding hydrogens is 288 g/mol. The number of carbonyl (C=O) groups excluding carboxylic acids is 1. The van der Waals surface area contributed by atoms with Crippen molar-refractivity contribution in [3.63, 3.8) is 0 Å². The number of nitro benzene ring substituents is 1. The predicted molar refractivity (Wildman–Crippen MR) is 76.3 cm³/mol. The molecule has 1 amide bonds. The van der Waals surface area contributed by atoms with E-state index in [0.29, 0.717) is 15.3 Å². The number of thiocarbonyl (C=S) groups is 1. The number of carbonyl (C=O) groups is 1. The van der Waals surface area contributed by atoms with Gasteiger partial charge in [0.05, 0.1) is 15.1 Å². The number of nitrogens with one attached hydrogen (secondary N) is 2. The molecule has 19 heavy (non-hydrogen) atoms. The molecule has 1 aromatic carbocycles. The third kappa shape index (κ3) is 3.20. The highest BCUT2D eigenvalue weighted by Gasteiger charge is 2.11. The van der Waals surface area contributed by atoms with Gasteiger partial charge < -0.3 is 10.6 Å². The van der Waals surface area contributed by atoms with Gasteiger partial charge in [0.2, 0.25) is 5.91 Å². The van der Waals surface area contributed by atoms with Crippen LogP contribution in [-0.4, -0.2) is 20.9 Å². The van der Waals surface area contributed by atoms with Gasteiger partial charge in [-0.15, -0.1) is 0 Å². The lowest BCUT2D eigenvalue weighted by molar-refractivity contribution is -0.384. The predicted octanol–water partition coefficient (Wildman–Crippen LogP) is 2.04. The summed E-state index contributed by atoms with van der Waals surface area (Å²) in [5.74, 6) is -0.283. The van der Waals surface area contributed by atoms with Crippen molar-refractivity contribution in [1.82, 2.24) is 10.3 Å². The van der Waals surface area contributed by atoms with E-state index in [2.05, 4.69) is 15.6 Å². The van der Waals surface area contributed by atoms with Gasteiger partial charge in [0.15, 0.2) is 10.2 Å². The zero-order valence-corrected chi connectivity index (χ0v) is 11.3. The summed E-state index contributed by atoms with van der Waals surface area (Å²) in [6.45, 7) is 1.34. The van der Waals surface area contributed by atoms with E-state index in [-0.39, 0.29) is 16.7 Å². The lowest BCUT2D eigenvalue weighted by atomic mass is 10.3. The number of hydrogen-bond acceptors (Lipinski definition) is 6. The number of fused-ring (bicyclic) bond motifs is 1. The summed E-state index contributed by atoms with van der Waals surface area (Å²) < 4.78 is 0.669. The minimum Gasteiger partial charge on any atom is -0.308 e. The van der Waals surface area contributed by atoms with Crippen LogP contribution in [0.15, 0.2) is 18.2 Å². The number of thiazole rings is 1. The molecule has 1 aromatic heterocycles. The van der Waals surface area contributed by atoms with Gasteiger partial charge in [-0.3, -0.25) is 14.9 Å². The molecule has 0 spiro atoms. The molecule has 0 radical (unpaired) electrons. The number of nitrogens with zero attached hydrogens (tertiary/aromatic N) is 2. The van der Waals surface area contributed by atoms with Gasteiger partial charge in [0, 0.05) is 19.1 Å². The number of nitro groups is 1. The van der Waals surface area contributed by atoms with E-state index in [1.165, 1.54) is 30.4 Å². The van der Waals surface area contributed by atoms with Gasteiger partial charge in [-0.2, -0.15) is 0 Å². The molecule has 0 fully saturated rings. The molecule has 0 saturated heterocycles. The Labute approximate surface area is 116 Å². The van der Waals surface area contributed by atoms with Crippen molar-refractivity contribution in [2.45, 2.75) is 6.92 Å². The third-order valence-electron chi connectivity index (χ3n) is 2.09. The molecule has 2 rings (SSSR count). The highest BCUT2D eigenvalue weighted by Crippen LogP contribution is 2.28. The van der Waals surface area contributed by atoms with Gasteiger partial charge in [0.25, 0.3) is 5.69 Å². The molecule has 1 heterocycles. The van der Waals surface area contributed by atoms with E-state index in [4.69, 9.17) is 12.2 Å². The van der Waals surface area contributed by atoms with Gasteiger partial charge in [-0.1, -0.05) is 11.3 Å². The van der Waals surface area contributed by atoms with Crippen molar-refractivity contribution in [3.05, 3.63) is 28.3 Å². The molecule has 2 aromatic rings. The Bertz CT molecular complexity index is 682. The van der Waals surface area contributed by atoms with Crippen molar-refractivity contribution in [2.24, 2.45) is 0 Å². The van der Waals surface area contributed by atoms with Crippen molar-refractivity contribution in [2.75, 3.05) is 5.32 Å². The normalized spacial score (nSPS) is 10.2. The molecule has 0 aliphatic rings.